The fourth-order valence-electron chi connectivity index (χ4n) is 12.2. The van der Waals surface area contributed by atoms with E-state index in [1.54, 1.807) is 37.7 Å². The molecule has 0 spiro atoms. The number of nitrogens with one attached hydrogen (secondary N) is 6. The largest absolute Gasteiger partial charge is 0.363 e. The maximum Gasteiger partial charge on any atom is 0.246 e. The number of hydrogen-bond acceptors (Lipinski definition) is 10. The Labute approximate surface area is 437 Å². The Kier molecular flexibility index (Phi) is 19.2. The van der Waals surface area contributed by atoms with Crippen molar-refractivity contribution in [2.45, 2.75) is 177 Å². The lowest BCUT2D eigenvalue weighted by Crippen LogP contribution is -2.58. The van der Waals surface area contributed by atoms with Crippen LogP contribution < -0.4 is 31.9 Å². The molecule has 0 unspecified atom stereocenters. The number of ether oxygens (including phenoxy) is 2. The molecule has 2 aromatic carbocycles. The van der Waals surface area contributed by atoms with Gasteiger partial charge in [0.15, 0.2) is 0 Å². The molecule has 6 aliphatic rings. The molecule has 0 aromatic heterocycles. The van der Waals surface area contributed by atoms with E-state index in [2.05, 4.69) is 55.6 Å². The highest BCUT2D eigenvalue weighted by molar-refractivity contribution is 5.95. The number of hydrogen-bond donors (Lipinski definition) is 6. The molecule has 0 bridgehead atoms. The lowest BCUT2D eigenvalue weighted by molar-refractivity contribution is -0.143. The molecule has 2 aliphatic heterocycles. The first-order valence-electron chi connectivity index (χ1n) is 27.5. The summed E-state index contributed by atoms with van der Waals surface area (Å²) in [5.41, 5.74) is 4.10. The number of carbonyl (C=O) groups excluding carboxylic acids is 6. The molecule has 2 heterocycles. The first kappa shape index (κ1) is 54.5. The molecule has 0 radical (unpaired) electrons. The van der Waals surface area contributed by atoms with Crippen molar-refractivity contribution in [2.75, 3.05) is 40.4 Å². The van der Waals surface area contributed by atoms with Crippen molar-refractivity contribution in [3.8, 4) is 23.7 Å². The Morgan fingerprint density at radius 1 is 0.554 bits per heavy atom. The molecular formula is C58H78N8O8. The molecule has 4 fully saturated rings. The normalized spacial score (nSPS) is 25.2. The Morgan fingerprint density at radius 2 is 0.946 bits per heavy atom. The van der Waals surface area contributed by atoms with E-state index in [0.717, 1.165) is 86.5 Å². The second-order valence-corrected chi connectivity index (χ2v) is 21.2. The number of likely N-dealkylation sites (tertiary alicyclic amines) is 2. The quantitative estimate of drug-likeness (QED) is 0.119. The summed E-state index contributed by atoms with van der Waals surface area (Å²) in [4.78, 5) is 86.6. The van der Waals surface area contributed by atoms with Gasteiger partial charge >= 0.3 is 0 Å². The standard InChI is InChI=1S/C58H78N8O8/c1-37(59-3)53(67)61-49(39-21-9-7-10-22-39)57(71)65-31-19-29-45(65)55(69)63-51-43-27-15-13-25-41(43)35-47(51)73-33-17-5-6-18-34-74-48-36-42-26-14-16-28-44(42)52(48)64-56(70)46-30-20-32-66(46)58(72)50(40-23-11-8-12-24-40)62-54(68)38(2)60-4/h13-16,25-28,37-40,45-52,59-60H,7-12,19-24,29-36H2,1-4H3,(H,61,67)(H,62,68)(H,63,69)(H,64,70)/t37-,38-,45-,46-,47+,48+,49-,50-,51-,52-/m1/s1. The number of likely N-dealkylation sites (N-methyl/N-ethyl adjacent to an activating group) is 2. The molecule has 4 aliphatic carbocycles. The molecule has 6 amide bonds. The van der Waals surface area contributed by atoms with Crippen LogP contribution in [0.1, 0.15) is 138 Å². The number of carbonyl (C=O) groups is 6. The first-order chi connectivity index (χ1) is 36.0. The number of amides is 6. The van der Waals surface area contributed by atoms with Crippen LogP contribution >= 0.6 is 0 Å². The van der Waals surface area contributed by atoms with Crippen LogP contribution in [0.15, 0.2) is 48.5 Å². The summed E-state index contributed by atoms with van der Waals surface area (Å²) in [6.07, 6.45) is 12.6. The average molecular weight is 1020 g/mol. The van der Waals surface area contributed by atoms with E-state index in [1.165, 1.54) is 0 Å². The number of benzene rings is 2. The van der Waals surface area contributed by atoms with Gasteiger partial charge in [-0.3, -0.25) is 28.8 Å². The maximum atomic E-state index is 14.3. The lowest BCUT2D eigenvalue weighted by Gasteiger charge is -2.35. The fourth-order valence-corrected chi connectivity index (χ4v) is 12.2. The molecule has 6 N–H and O–H groups in total. The summed E-state index contributed by atoms with van der Waals surface area (Å²) >= 11 is 0. The zero-order valence-corrected chi connectivity index (χ0v) is 43.8. The van der Waals surface area contributed by atoms with Gasteiger partial charge in [-0.15, -0.1) is 0 Å². The fraction of sp³-hybridized carbons (Fsp3) is 0.621. The van der Waals surface area contributed by atoms with E-state index in [-0.39, 0.29) is 72.7 Å². The second kappa shape index (κ2) is 26.1. The van der Waals surface area contributed by atoms with E-state index < -0.39 is 48.3 Å². The minimum absolute atomic E-state index is 0.0261. The molecule has 16 heteroatoms. The monoisotopic (exact) mass is 1010 g/mol. The second-order valence-electron chi connectivity index (χ2n) is 21.2. The molecule has 8 rings (SSSR count). The van der Waals surface area contributed by atoms with Crippen molar-refractivity contribution in [1.82, 2.24) is 41.7 Å². The van der Waals surface area contributed by atoms with Crippen molar-refractivity contribution in [1.29, 1.82) is 0 Å². The molecule has 2 saturated heterocycles. The Bertz CT molecular complexity index is 2280. The zero-order chi connectivity index (χ0) is 52.1. The van der Waals surface area contributed by atoms with Gasteiger partial charge in [-0.1, -0.05) is 98.9 Å². The van der Waals surface area contributed by atoms with Gasteiger partial charge in [0.2, 0.25) is 35.4 Å². The summed E-state index contributed by atoms with van der Waals surface area (Å²) in [6.45, 7) is 4.62. The van der Waals surface area contributed by atoms with E-state index >= 15 is 0 Å². The van der Waals surface area contributed by atoms with Gasteiger partial charge in [-0.05, 0) is 125 Å². The molecule has 16 nitrogen and oxygen atoms in total. The van der Waals surface area contributed by atoms with E-state index in [9.17, 15) is 28.8 Å². The Morgan fingerprint density at radius 3 is 1.34 bits per heavy atom. The summed E-state index contributed by atoms with van der Waals surface area (Å²) in [5, 5.41) is 18.6. The Hall–Kier alpha value is -5.78. The maximum absolute atomic E-state index is 14.3. The van der Waals surface area contributed by atoms with Crippen LogP contribution in [0.3, 0.4) is 0 Å². The van der Waals surface area contributed by atoms with Crippen LogP contribution in [-0.4, -0.2) is 134 Å². The molecule has 2 aromatic rings. The summed E-state index contributed by atoms with van der Waals surface area (Å²) < 4.78 is 12.7. The van der Waals surface area contributed by atoms with Gasteiger partial charge < -0.3 is 51.2 Å². The van der Waals surface area contributed by atoms with E-state index in [4.69, 9.17) is 9.47 Å². The van der Waals surface area contributed by atoms with Crippen molar-refractivity contribution < 1.29 is 38.2 Å². The molecule has 2 saturated carbocycles. The van der Waals surface area contributed by atoms with Gasteiger partial charge in [0.25, 0.3) is 0 Å². The predicted molar refractivity (Wildman–Crippen MR) is 281 cm³/mol. The highest BCUT2D eigenvalue weighted by Gasteiger charge is 2.45. The molecule has 74 heavy (non-hydrogen) atoms. The van der Waals surface area contributed by atoms with Gasteiger partial charge in [0, 0.05) is 25.9 Å². The first-order valence-corrected chi connectivity index (χ1v) is 27.5. The number of rotatable bonds is 18. The molecule has 10 atom stereocenters. The Balaban J connectivity index is 0.858. The smallest absolute Gasteiger partial charge is 0.246 e. The van der Waals surface area contributed by atoms with Crippen LogP contribution in [0.5, 0.6) is 0 Å². The van der Waals surface area contributed by atoms with Crippen molar-refractivity contribution in [3.05, 3.63) is 70.8 Å². The van der Waals surface area contributed by atoms with E-state index in [1.807, 2.05) is 48.5 Å². The highest BCUT2D eigenvalue weighted by Crippen LogP contribution is 2.37. The van der Waals surface area contributed by atoms with Gasteiger partial charge in [0.05, 0.1) is 36.4 Å². The number of fused-ring (bicyclic) bond motifs is 2. The minimum Gasteiger partial charge on any atom is -0.363 e. The van der Waals surface area contributed by atoms with Gasteiger partial charge in [-0.25, -0.2) is 0 Å². The molecular weight excluding hydrogens is 937 g/mol. The van der Waals surface area contributed by atoms with Gasteiger partial charge in [-0.2, -0.15) is 0 Å². The minimum atomic E-state index is -0.679. The summed E-state index contributed by atoms with van der Waals surface area (Å²) in [7, 11) is 3.44. The lowest BCUT2D eigenvalue weighted by atomic mass is 9.83. The summed E-state index contributed by atoms with van der Waals surface area (Å²) in [6, 6.07) is 11.5. The third kappa shape index (κ3) is 13.0. The topological polar surface area (TPSA) is 200 Å². The van der Waals surface area contributed by atoms with Crippen molar-refractivity contribution in [2.24, 2.45) is 11.8 Å². The zero-order valence-electron chi connectivity index (χ0n) is 43.8. The summed E-state index contributed by atoms with van der Waals surface area (Å²) in [5.74, 6) is 10.6. The number of nitrogens with zero attached hydrogens (tertiary/aromatic N) is 2. The highest BCUT2D eigenvalue weighted by atomic mass is 16.5. The SMILES string of the molecule is CN[C@H](C)C(=O)N[C@@H](C(=O)N1CCC[C@@H]1C(=O)N[C@@H]1c2ccccc2C[C@@H]1OCC#CC#CCO[C@H]1Cc2ccccc2[C@H]1NC(=O)[C@H]1CCCN1C(=O)[C@H](NC(=O)[C@@H](C)NC)C1CCCCC1)C1CCCCC1. The van der Waals surface area contributed by atoms with Crippen molar-refractivity contribution in [3.63, 3.8) is 0 Å². The van der Waals surface area contributed by atoms with Crippen molar-refractivity contribution >= 4 is 35.4 Å². The van der Waals surface area contributed by atoms with Crippen LogP contribution in [0.2, 0.25) is 0 Å². The van der Waals surface area contributed by atoms with Crippen LogP contribution in [-0.2, 0) is 51.1 Å². The molecule has 398 valence electrons. The van der Waals surface area contributed by atoms with Crippen LogP contribution in [0, 0.1) is 35.5 Å². The predicted octanol–water partition coefficient (Wildman–Crippen LogP) is 3.92. The average Bonchev–Trinajstić information content (AvgIpc) is 4.26. The van der Waals surface area contributed by atoms with Crippen LogP contribution in [0.4, 0.5) is 0 Å². The van der Waals surface area contributed by atoms with Crippen LogP contribution in [0.25, 0.3) is 0 Å². The third-order valence-electron chi connectivity index (χ3n) is 16.6. The van der Waals surface area contributed by atoms with E-state index in [0.29, 0.717) is 51.6 Å². The van der Waals surface area contributed by atoms with Gasteiger partial charge in [0.1, 0.15) is 37.4 Å². The third-order valence-corrected chi connectivity index (χ3v) is 16.6.